The molecule has 3 aromatic rings. The van der Waals surface area contributed by atoms with E-state index in [1.54, 1.807) is 17.5 Å². The monoisotopic (exact) mass is 355 g/mol. The third kappa shape index (κ3) is 4.24. The zero-order chi connectivity index (χ0) is 17.6. The second-order valence-corrected chi connectivity index (χ2v) is 6.72. The summed E-state index contributed by atoms with van der Waals surface area (Å²) in [4.78, 5) is 17.4. The maximum atomic E-state index is 11.9. The van der Waals surface area contributed by atoms with Crippen molar-refractivity contribution in [2.45, 2.75) is 26.8 Å². The number of hydrogen-bond donors (Lipinski definition) is 2. The minimum atomic E-state index is -0.152. The van der Waals surface area contributed by atoms with Crippen LogP contribution in [0.25, 0.3) is 5.82 Å². The van der Waals surface area contributed by atoms with E-state index in [2.05, 4.69) is 20.7 Å². The Hall–Kier alpha value is -2.67. The molecule has 6 nitrogen and oxygen atoms in total. The van der Waals surface area contributed by atoms with Crippen LogP contribution in [0, 0.1) is 13.8 Å². The van der Waals surface area contributed by atoms with Crippen LogP contribution < -0.4 is 10.6 Å². The Morgan fingerprint density at radius 3 is 2.80 bits per heavy atom. The minimum Gasteiger partial charge on any atom is -0.338 e. The maximum absolute atomic E-state index is 11.9. The fraction of sp³-hybridized carbons (Fsp3) is 0.278. The van der Waals surface area contributed by atoms with Crippen LogP contribution in [0.2, 0.25) is 0 Å². The number of carbonyl (C=O) groups excluding carboxylic acids is 1. The molecule has 0 saturated heterocycles. The number of carbonyl (C=O) groups is 1. The summed E-state index contributed by atoms with van der Waals surface area (Å²) in [6.45, 7) is 5.13. The maximum Gasteiger partial charge on any atom is 0.315 e. The van der Waals surface area contributed by atoms with Crippen molar-refractivity contribution in [2.24, 2.45) is 0 Å². The lowest BCUT2D eigenvalue weighted by Crippen LogP contribution is -2.36. The average molecular weight is 355 g/mol. The lowest BCUT2D eigenvalue weighted by atomic mass is 10.1. The van der Waals surface area contributed by atoms with Crippen molar-refractivity contribution >= 4 is 17.4 Å². The molecule has 3 aromatic heterocycles. The highest BCUT2D eigenvalue weighted by Crippen LogP contribution is 2.16. The molecule has 0 radical (unpaired) electrons. The first kappa shape index (κ1) is 17.2. The second-order valence-electron chi connectivity index (χ2n) is 5.69. The third-order valence-electron chi connectivity index (χ3n) is 3.97. The summed E-state index contributed by atoms with van der Waals surface area (Å²) < 4.78 is 1.85. The molecule has 2 N–H and O–H groups in total. The van der Waals surface area contributed by atoms with Crippen molar-refractivity contribution in [1.29, 1.82) is 0 Å². The molecule has 0 spiro atoms. The quantitative estimate of drug-likeness (QED) is 0.714. The van der Waals surface area contributed by atoms with E-state index in [4.69, 9.17) is 0 Å². The molecule has 3 rings (SSSR count). The number of rotatable bonds is 6. The van der Waals surface area contributed by atoms with Gasteiger partial charge >= 0.3 is 6.03 Å². The molecule has 0 fully saturated rings. The van der Waals surface area contributed by atoms with Gasteiger partial charge in [-0.15, -0.1) is 11.3 Å². The van der Waals surface area contributed by atoms with Gasteiger partial charge in [0.25, 0.3) is 0 Å². The minimum absolute atomic E-state index is 0.152. The molecule has 0 aromatic carbocycles. The number of aromatic nitrogens is 3. The molecule has 0 unspecified atom stereocenters. The van der Waals surface area contributed by atoms with Gasteiger partial charge in [0.05, 0.1) is 12.2 Å². The van der Waals surface area contributed by atoms with E-state index in [0.29, 0.717) is 13.1 Å². The number of thiophene rings is 1. The fourth-order valence-corrected chi connectivity index (χ4v) is 3.33. The van der Waals surface area contributed by atoms with E-state index in [1.165, 1.54) is 0 Å². The van der Waals surface area contributed by atoms with E-state index >= 15 is 0 Å². The van der Waals surface area contributed by atoms with Crippen molar-refractivity contribution in [3.63, 3.8) is 0 Å². The van der Waals surface area contributed by atoms with E-state index < -0.39 is 0 Å². The molecular formula is C18H21N5OS. The smallest absolute Gasteiger partial charge is 0.315 e. The van der Waals surface area contributed by atoms with Crippen molar-refractivity contribution < 1.29 is 4.79 Å². The van der Waals surface area contributed by atoms with Crippen molar-refractivity contribution in [3.8, 4) is 5.82 Å². The van der Waals surface area contributed by atoms with Crippen LogP contribution in [0.1, 0.15) is 21.8 Å². The molecule has 0 aliphatic carbocycles. The molecular weight excluding hydrogens is 334 g/mol. The zero-order valence-electron chi connectivity index (χ0n) is 14.3. The van der Waals surface area contributed by atoms with Gasteiger partial charge in [-0.1, -0.05) is 12.1 Å². The van der Waals surface area contributed by atoms with Gasteiger partial charge in [0, 0.05) is 23.3 Å². The molecule has 7 heteroatoms. The summed E-state index contributed by atoms with van der Waals surface area (Å²) in [5.74, 6) is 0.802. The zero-order valence-corrected chi connectivity index (χ0v) is 15.1. The Morgan fingerprint density at radius 2 is 2.08 bits per heavy atom. The lowest BCUT2D eigenvalue weighted by Gasteiger charge is -2.07. The molecule has 25 heavy (non-hydrogen) atoms. The van der Waals surface area contributed by atoms with E-state index in [9.17, 15) is 4.79 Å². The van der Waals surface area contributed by atoms with Crippen molar-refractivity contribution in [2.75, 3.05) is 6.54 Å². The predicted octanol–water partition coefficient (Wildman–Crippen LogP) is 2.99. The van der Waals surface area contributed by atoms with Gasteiger partial charge in [-0.3, -0.25) is 0 Å². The molecule has 0 saturated carbocycles. The van der Waals surface area contributed by atoms with Crippen LogP contribution in [0.15, 0.2) is 41.9 Å². The van der Waals surface area contributed by atoms with Crippen LogP contribution in [0.4, 0.5) is 4.79 Å². The first-order chi connectivity index (χ1) is 12.1. The Balaban J connectivity index is 1.55. The van der Waals surface area contributed by atoms with Crippen molar-refractivity contribution in [3.05, 3.63) is 63.7 Å². The Bertz CT molecular complexity index is 827. The molecule has 130 valence electrons. The second kappa shape index (κ2) is 7.94. The number of nitrogens with one attached hydrogen (secondary N) is 2. The Labute approximate surface area is 150 Å². The molecule has 0 bridgehead atoms. The molecule has 3 heterocycles. The van der Waals surface area contributed by atoms with Gasteiger partial charge in [0.2, 0.25) is 0 Å². The third-order valence-corrected chi connectivity index (χ3v) is 4.85. The SMILES string of the molecule is Cc1nn(-c2ccccn2)c(C)c1CCNC(=O)NCc1cccs1. The van der Waals surface area contributed by atoms with Crippen LogP contribution in [0.3, 0.4) is 0 Å². The number of aryl methyl sites for hydroxylation is 1. The average Bonchev–Trinajstić information content (AvgIpc) is 3.24. The largest absolute Gasteiger partial charge is 0.338 e. The molecule has 2 amide bonds. The summed E-state index contributed by atoms with van der Waals surface area (Å²) in [7, 11) is 0. The van der Waals surface area contributed by atoms with Crippen LogP contribution in [-0.2, 0) is 13.0 Å². The van der Waals surface area contributed by atoms with Crippen LogP contribution >= 0.6 is 11.3 Å². The normalized spacial score (nSPS) is 10.6. The molecule has 0 atom stereocenters. The fourth-order valence-electron chi connectivity index (χ4n) is 2.68. The van der Waals surface area contributed by atoms with E-state index in [0.717, 1.165) is 34.1 Å². The van der Waals surface area contributed by atoms with Gasteiger partial charge in [-0.05, 0) is 49.4 Å². The van der Waals surface area contributed by atoms with E-state index in [-0.39, 0.29) is 6.03 Å². The predicted molar refractivity (Wildman–Crippen MR) is 99.1 cm³/mol. The highest BCUT2D eigenvalue weighted by Gasteiger charge is 2.13. The molecule has 0 aliphatic rings. The summed E-state index contributed by atoms with van der Waals surface area (Å²) in [6, 6.07) is 9.58. The summed E-state index contributed by atoms with van der Waals surface area (Å²) in [5.41, 5.74) is 3.16. The van der Waals surface area contributed by atoms with Gasteiger partial charge in [-0.25, -0.2) is 14.5 Å². The van der Waals surface area contributed by atoms with Gasteiger partial charge < -0.3 is 10.6 Å². The van der Waals surface area contributed by atoms with Gasteiger partial charge in [-0.2, -0.15) is 5.10 Å². The summed E-state index contributed by atoms with van der Waals surface area (Å²) >= 11 is 1.63. The highest BCUT2D eigenvalue weighted by atomic mass is 32.1. The first-order valence-corrected chi connectivity index (χ1v) is 9.03. The highest BCUT2D eigenvalue weighted by molar-refractivity contribution is 7.09. The topological polar surface area (TPSA) is 71.8 Å². The number of hydrogen-bond acceptors (Lipinski definition) is 4. The molecule has 0 aliphatic heterocycles. The lowest BCUT2D eigenvalue weighted by molar-refractivity contribution is 0.240. The number of amides is 2. The Kier molecular flexibility index (Phi) is 5.45. The van der Waals surface area contributed by atoms with Crippen LogP contribution in [0.5, 0.6) is 0 Å². The summed E-state index contributed by atoms with van der Waals surface area (Å²) in [5, 5.41) is 12.3. The number of nitrogens with zero attached hydrogens (tertiary/aromatic N) is 3. The standard InChI is InChI=1S/C18H21N5OS/c1-13-16(14(2)23(22-13)17-7-3-4-9-19-17)8-10-20-18(24)21-12-15-6-5-11-25-15/h3-7,9,11H,8,10,12H2,1-2H3,(H2,20,21,24). The summed E-state index contributed by atoms with van der Waals surface area (Å²) in [6.07, 6.45) is 2.49. The van der Waals surface area contributed by atoms with Gasteiger partial charge in [0.1, 0.15) is 0 Å². The van der Waals surface area contributed by atoms with Gasteiger partial charge in [0.15, 0.2) is 5.82 Å². The first-order valence-electron chi connectivity index (χ1n) is 8.15. The van der Waals surface area contributed by atoms with E-state index in [1.807, 2.05) is 54.2 Å². The Morgan fingerprint density at radius 1 is 1.20 bits per heavy atom. The van der Waals surface area contributed by atoms with Crippen LogP contribution in [-0.4, -0.2) is 27.3 Å². The number of urea groups is 1. The van der Waals surface area contributed by atoms with Crippen molar-refractivity contribution in [1.82, 2.24) is 25.4 Å². The number of pyridine rings is 1.